The Morgan fingerprint density at radius 3 is 2.47 bits per heavy atom. The van der Waals surface area contributed by atoms with E-state index in [2.05, 4.69) is 10.5 Å². The average molecular weight is 266 g/mol. The normalized spacial score (nSPS) is 10.7. The second-order valence-electron chi connectivity index (χ2n) is 3.77. The summed E-state index contributed by atoms with van der Waals surface area (Å²) >= 11 is 0. The van der Waals surface area contributed by atoms with Gasteiger partial charge in [0.15, 0.2) is 11.5 Å². The van der Waals surface area contributed by atoms with Gasteiger partial charge in [-0.1, -0.05) is 0 Å². The Morgan fingerprint density at radius 2 is 1.84 bits per heavy atom. The molecule has 0 unspecified atom stereocenters. The molecule has 1 rings (SSSR count). The Balaban J connectivity index is 2.92. The summed E-state index contributed by atoms with van der Waals surface area (Å²) in [5.41, 5.74) is 4.42. The SMILES string of the molecule is CCONC=Nc1cc(C)c(OCC)c(OCC)c1. The van der Waals surface area contributed by atoms with Crippen molar-refractivity contribution in [3.05, 3.63) is 17.7 Å². The lowest BCUT2D eigenvalue weighted by molar-refractivity contribution is 0.100. The number of aliphatic imine (C=N–C) groups is 1. The van der Waals surface area contributed by atoms with Gasteiger partial charge in [0.2, 0.25) is 0 Å². The van der Waals surface area contributed by atoms with Crippen LogP contribution in [-0.4, -0.2) is 26.2 Å². The average Bonchev–Trinajstić information content (AvgIpc) is 2.39. The van der Waals surface area contributed by atoms with Crippen LogP contribution in [0, 0.1) is 6.92 Å². The van der Waals surface area contributed by atoms with E-state index >= 15 is 0 Å². The number of rotatable bonds is 8. The van der Waals surface area contributed by atoms with Crippen LogP contribution in [0.2, 0.25) is 0 Å². The first-order valence-electron chi connectivity index (χ1n) is 6.52. The van der Waals surface area contributed by atoms with Gasteiger partial charge in [-0.15, -0.1) is 0 Å². The van der Waals surface area contributed by atoms with Crippen molar-refractivity contribution in [3.8, 4) is 11.5 Å². The van der Waals surface area contributed by atoms with E-state index in [4.69, 9.17) is 14.3 Å². The highest BCUT2D eigenvalue weighted by molar-refractivity contribution is 5.64. The van der Waals surface area contributed by atoms with Crippen LogP contribution in [0.4, 0.5) is 5.69 Å². The lowest BCUT2D eigenvalue weighted by atomic mass is 10.2. The lowest BCUT2D eigenvalue weighted by Crippen LogP contribution is -2.10. The second-order valence-corrected chi connectivity index (χ2v) is 3.77. The smallest absolute Gasteiger partial charge is 0.164 e. The van der Waals surface area contributed by atoms with Gasteiger partial charge in [-0.25, -0.2) is 4.99 Å². The summed E-state index contributed by atoms with van der Waals surface area (Å²) in [4.78, 5) is 9.22. The molecule has 0 aliphatic heterocycles. The Bertz CT molecular complexity index is 419. The first-order valence-corrected chi connectivity index (χ1v) is 6.52. The first kappa shape index (κ1) is 15.3. The van der Waals surface area contributed by atoms with Crippen molar-refractivity contribution < 1.29 is 14.3 Å². The number of ether oxygens (including phenoxy) is 2. The molecule has 106 valence electrons. The third kappa shape index (κ3) is 4.79. The minimum Gasteiger partial charge on any atom is -0.490 e. The van der Waals surface area contributed by atoms with Crippen molar-refractivity contribution in [1.82, 2.24) is 5.48 Å². The fourth-order valence-electron chi connectivity index (χ4n) is 1.61. The molecule has 0 spiro atoms. The van der Waals surface area contributed by atoms with E-state index in [9.17, 15) is 0 Å². The van der Waals surface area contributed by atoms with Crippen molar-refractivity contribution >= 4 is 12.0 Å². The Morgan fingerprint density at radius 1 is 1.11 bits per heavy atom. The molecule has 5 nitrogen and oxygen atoms in total. The van der Waals surface area contributed by atoms with Crippen LogP contribution in [0.3, 0.4) is 0 Å². The van der Waals surface area contributed by atoms with Crippen LogP contribution in [-0.2, 0) is 4.84 Å². The zero-order chi connectivity index (χ0) is 14.1. The molecule has 0 saturated heterocycles. The van der Waals surface area contributed by atoms with Gasteiger partial charge in [0.1, 0.15) is 6.34 Å². The predicted molar refractivity (Wildman–Crippen MR) is 76.4 cm³/mol. The number of aryl methyl sites for hydroxylation is 1. The number of nitrogens with one attached hydrogen (secondary N) is 1. The van der Waals surface area contributed by atoms with E-state index in [0.717, 1.165) is 17.0 Å². The van der Waals surface area contributed by atoms with Gasteiger partial charge in [0.25, 0.3) is 0 Å². The van der Waals surface area contributed by atoms with Crippen molar-refractivity contribution in [2.75, 3.05) is 19.8 Å². The molecule has 0 amide bonds. The maximum Gasteiger partial charge on any atom is 0.164 e. The Kier molecular flexibility index (Phi) is 6.74. The van der Waals surface area contributed by atoms with Crippen molar-refractivity contribution in [1.29, 1.82) is 0 Å². The van der Waals surface area contributed by atoms with Gasteiger partial charge < -0.3 is 9.47 Å². The minimum atomic E-state index is 0.582. The molecule has 1 N–H and O–H groups in total. The highest BCUT2D eigenvalue weighted by Gasteiger charge is 2.10. The second kappa shape index (κ2) is 8.37. The largest absolute Gasteiger partial charge is 0.490 e. The molecule has 19 heavy (non-hydrogen) atoms. The molecule has 5 heteroatoms. The highest BCUT2D eigenvalue weighted by atomic mass is 16.6. The van der Waals surface area contributed by atoms with E-state index in [1.54, 1.807) is 0 Å². The quantitative estimate of drug-likeness (QED) is 0.340. The monoisotopic (exact) mass is 266 g/mol. The maximum absolute atomic E-state index is 5.60. The highest BCUT2D eigenvalue weighted by Crippen LogP contribution is 2.35. The van der Waals surface area contributed by atoms with E-state index in [1.807, 2.05) is 39.8 Å². The molecule has 0 aliphatic carbocycles. The van der Waals surface area contributed by atoms with Gasteiger partial charge >= 0.3 is 0 Å². The molecule has 0 bridgehead atoms. The van der Waals surface area contributed by atoms with Crippen LogP contribution in [0.1, 0.15) is 26.3 Å². The Hall–Kier alpha value is -1.75. The van der Waals surface area contributed by atoms with Crippen molar-refractivity contribution in [2.45, 2.75) is 27.7 Å². The van der Waals surface area contributed by atoms with Crippen LogP contribution in [0.15, 0.2) is 17.1 Å². The van der Waals surface area contributed by atoms with E-state index in [1.165, 1.54) is 6.34 Å². The van der Waals surface area contributed by atoms with E-state index in [-0.39, 0.29) is 0 Å². The molecule has 0 aliphatic rings. The molecule has 1 aromatic carbocycles. The van der Waals surface area contributed by atoms with Crippen molar-refractivity contribution in [3.63, 3.8) is 0 Å². The summed E-state index contributed by atoms with van der Waals surface area (Å²) in [6.07, 6.45) is 1.51. The first-order chi connectivity index (χ1) is 9.22. The standard InChI is InChI=1S/C14H22N2O3/c1-5-17-13-9-12(15-10-16-19-7-3)8-11(4)14(13)18-6-2/h8-10H,5-7H2,1-4H3,(H,15,16). The molecular formula is C14H22N2O3. The zero-order valence-electron chi connectivity index (χ0n) is 12.0. The number of hydrogen-bond donors (Lipinski definition) is 1. The summed E-state index contributed by atoms with van der Waals surface area (Å²) in [6.45, 7) is 9.54. The van der Waals surface area contributed by atoms with Gasteiger partial charge in [-0.3, -0.25) is 10.3 Å². The van der Waals surface area contributed by atoms with E-state index in [0.29, 0.717) is 25.6 Å². The summed E-state index contributed by atoms with van der Waals surface area (Å²) in [5.74, 6) is 1.49. The van der Waals surface area contributed by atoms with Crippen molar-refractivity contribution in [2.24, 2.45) is 4.99 Å². The van der Waals surface area contributed by atoms with Gasteiger partial charge in [0.05, 0.1) is 25.5 Å². The number of nitrogens with zero attached hydrogens (tertiary/aromatic N) is 1. The van der Waals surface area contributed by atoms with Gasteiger partial charge in [-0.05, 0) is 39.3 Å². The summed E-state index contributed by atoms with van der Waals surface area (Å²) in [7, 11) is 0. The molecule has 0 saturated carbocycles. The van der Waals surface area contributed by atoms with Gasteiger partial charge in [-0.2, -0.15) is 0 Å². The van der Waals surface area contributed by atoms with Gasteiger partial charge in [0, 0.05) is 6.07 Å². The van der Waals surface area contributed by atoms with Crippen LogP contribution < -0.4 is 15.0 Å². The summed E-state index contributed by atoms with van der Waals surface area (Å²) in [6, 6.07) is 3.79. The molecule has 0 radical (unpaired) electrons. The molecular weight excluding hydrogens is 244 g/mol. The predicted octanol–water partition coefficient (Wildman–Crippen LogP) is 2.99. The molecule has 0 atom stereocenters. The molecule has 0 heterocycles. The van der Waals surface area contributed by atoms with Crippen LogP contribution in [0.25, 0.3) is 0 Å². The topological polar surface area (TPSA) is 52.1 Å². The number of benzene rings is 1. The van der Waals surface area contributed by atoms with E-state index < -0.39 is 0 Å². The third-order valence-electron chi connectivity index (χ3n) is 2.31. The summed E-state index contributed by atoms with van der Waals surface area (Å²) in [5, 5.41) is 0. The minimum absolute atomic E-state index is 0.582. The fraction of sp³-hybridized carbons (Fsp3) is 0.500. The maximum atomic E-state index is 5.60. The molecule has 0 fully saturated rings. The Labute approximate surface area is 114 Å². The lowest BCUT2D eigenvalue weighted by Gasteiger charge is -2.14. The molecule has 0 aromatic heterocycles. The zero-order valence-corrected chi connectivity index (χ0v) is 12.0. The van der Waals surface area contributed by atoms with Crippen LogP contribution in [0.5, 0.6) is 11.5 Å². The number of hydrogen-bond acceptors (Lipinski definition) is 4. The third-order valence-corrected chi connectivity index (χ3v) is 2.31. The van der Waals surface area contributed by atoms with Crippen LogP contribution >= 0.6 is 0 Å². The molecule has 1 aromatic rings. The number of hydroxylamine groups is 1. The summed E-state index contributed by atoms with van der Waals surface area (Å²) < 4.78 is 11.2. The fourth-order valence-corrected chi connectivity index (χ4v) is 1.61.